The number of halogens is 1. The molecule has 0 radical (unpaired) electrons. The fourth-order valence-electron chi connectivity index (χ4n) is 3.95. The number of nitrogens with zero attached hydrogens (tertiary/aromatic N) is 1. The maximum absolute atomic E-state index is 5.81. The molecule has 0 aromatic heterocycles. The molecule has 2 saturated heterocycles. The fourth-order valence-corrected chi connectivity index (χ4v) is 3.95. The van der Waals surface area contributed by atoms with Gasteiger partial charge < -0.3 is 14.8 Å². The van der Waals surface area contributed by atoms with Gasteiger partial charge in [-0.1, -0.05) is 6.07 Å². The number of ether oxygens (including phenoxy) is 2. The minimum atomic E-state index is 0. The molecule has 2 fully saturated rings. The molecular formula is C19H31ClN2O2. The Labute approximate surface area is 152 Å². The van der Waals surface area contributed by atoms with Gasteiger partial charge in [0, 0.05) is 13.1 Å². The number of benzene rings is 1. The summed E-state index contributed by atoms with van der Waals surface area (Å²) >= 11 is 0. The minimum absolute atomic E-state index is 0. The largest absolute Gasteiger partial charge is 0.493 e. The Morgan fingerprint density at radius 2 is 1.92 bits per heavy atom. The lowest BCUT2D eigenvalue weighted by Gasteiger charge is -2.34. The Morgan fingerprint density at radius 3 is 2.58 bits per heavy atom. The first-order valence-corrected chi connectivity index (χ1v) is 8.87. The fraction of sp³-hybridized carbons (Fsp3) is 0.684. The standard InChI is InChI=1S/C19H30N2O2.ClH/c1-15(2)23-17-5-4-16(12-18(17)22-3)13-21-11-8-19(14-21)6-9-20-10-7-19;/h4-5,12,15,20H,6-11,13-14H2,1-3H3;1H. The number of rotatable bonds is 5. The molecule has 1 spiro atoms. The number of hydrogen-bond acceptors (Lipinski definition) is 4. The summed E-state index contributed by atoms with van der Waals surface area (Å²) in [7, 11) is 1.71. The molecule has 136 valence electrons. The van der Waals surface area contributed by atoms with Crippen LogP contribution in [0.1, 0.15) is 38.7 Å². The van der Waals surface area contributed by atoms with E-state index in [0.717, 1.165) is 18.0 Å². The molecule has 0 aliphatic carbocycles. The Kier molecular flexibility index (Phi) is 6.79. The number of nitrogens with one attached hydrogen (secondary N) is 1. The molecule has 0 bridgehead atoms. The summed E-state index contributed by atoms with van der Waals surface area (Å²) in [6.07, 6.45) is 4.16. The number of methoxy groups -OCH3 is 1. The van der Waals surface area contributed by atoms with E-state index in [0.29, 0.717) is 5.41 Å². The smallest absolute Gasteiger partial charge is 0.161 e. The Bertz CT molecular complexity index is 530. The van der Waals surface area contributed by atoms with Gasteiger partial charge >= 0.3 is 0 Å². The van der Waals surface area contributed by atoms with E-state index in [1.54, 1.807) is 7.11 Å². The summed E-state index contributed by atoms with van der Waals surface area (Å²) in [6, 6.07) is 6.35. The van der Waals surface area contributed by atoms with Crippen LogP contribution in [-0.4, -0.2) is 44.3 Å². The van der Waals surface area contributed by atoms with Crippen LogP contribution in [0.5, 0.6) is 11.5 Å². The number of likely N-dealkylation sites (tertiary alicyclic amines) is 1. The van der Waals surface area contributed by atoms with E-state index in [1.807, 2.05) is 19.9 Å². The number of piperidine rings is 1. The maximum atomic E-state index is 5.81. The van der Waals surface area contributed by atoms with Gasteiger partial charge in [-0.3, -0.25) is 4.90 Å². The van der Waals surface area contributed by atoms with E-state index >= 15 is 0 Å². The molecule has 2 heterocycles. The Balaban J connectivity index is 0.00000208. The zero-order chi connectivity index (χ0) is 16.3. The van der Waals surface area contributed by atoms with Crippen molar-refractivity contribution in [3.05, 3.63) is 23.8 Å². The van der Waals surface area contributed by atoms with Crippen molar-refractivity contribution >= 4 is 12.4 Å². The van der Waals surface area contributed by atoms with Gasteiger partial charge in [0.1, 0.15) is 0 Å². The van der Waals surface area contributed by atoms with Crippen molar-refractivity contribution in [1.82, 2.24) is 10.2 Å². The highest BCUT2D eigenvalue weighted by Gasteiger charge is 2.38. The first-order valence-electron chi connectivity index (χ1n) is 8.87. The normalized spacial score (nSPS) is 20.2. The minimum Gasteiger partial charge on any atom is -0.493 e. The monoisotopic (exact) mass is 354 g/mol. The van der Waals surface area contributed by atoms with Crippen LogP contribution in [0.25, 0.3) is 0 Å². The van der Waals surface area contributed by atoms with Crippen molar-refractivity contribution in [3.63, 3.8) is 0 Å². The van der Waals surface area contributed by atoms with Crippen LogP contribution in [0.3, 0.4) is 0 Å². The summed E-state index contributed by atoms with van der Waals surface area (Å²) < 4.78 is 11.3. The van der Waals surface area contributed by atoms with E-state index in [9.17, 15) is 0 Å². The molecule has 5 heteroatoms. The van der Waals surface area contributed by atoms with Crippen molar-refractivity contribution in [2.45, 2.75) is 45.8 Å². The highest BCUT2D eigenvalue weighted by atomic mass is 35.5. The third-order valence-electron chi connectivity index (χ3n) is 5.18. The molecule has 1 aromatic carbocycles. The van der Waals surface area contributed by atoms with E-state index < -0.39 is 0 Å². The molecule has 0 atom stereocenters. The van der Waals surface area contributed by atoms with E-state index in [2.05, 4.69) is 22.3 Å². The van der Waals surface area contributed by atoms with Crippen molar-refractivity contribution in [3.8, 4) is 11.5 Å². The lowest BCUT2D eigenvalue weighted by atomic mass is 9.78. The molecule has 24 heavy (non-hydrogen) atoms. The van der Waals surface area contributed by atoms with Gasteiger partial charge in [0.05, 0.1) is 13.2 Å². The molecule has 4 nitrogen and oxygen atoms in total. The molecule has 0 saturated carbocycles. The van der Waals surface area contributed by atoms with E-state index in [-0.39, 0.29) is 18.5 Å². The first-order chi connectivity index (χ1) is 11.1. The SMILES string of the molecule is COc1cc(CN2CCC3(CCNCC3)C2)ccc1OC(C)C.Cl. The summed E-state index contributed by atoms with van der Waals surface area (Å²) in [4.78, 5) is 2.60. The second-order valence-corrected chi connectivity index (χ2v) is 7.36. The summed E-state index contributed by atoms with van der Waals surface area (Å²) in [6.45, 7) is 9.90. The van der Waals surface area contributed by atoms with E-state index in [1.165, 1.54) is 51.0 Å². The van der Waals surface area contributed by atoms with Crippen LogP contribution in [0.15, 0.2) is 18.2 Å². The zero-order valence-corrected chi connectivity index (χ0v) is 16.0. The van der Waals surface area contributed by atoms with Crippen molar-refractivity contribution < 1.29 is 9.47 Å². The molecule has 2 aliphatic rings. The van der Waals surface area contributed by atoms with Crippen LogP contribution in [-0.2, 0) is 6.54 Å². The average Bonchev–Trinajstić information content (AvgIpc) is 2.91. The van der Waals surface area contributed by atoms with Crippen LogP contribution in [0, 0.1) is 5.41 Å². The van der Waals surface area contributed by atoms with Gasteiger partial charge in [-0.2, -0.15) is 0 Å². The summed E-state index contributed by atoms with van der Waals surface area (Å²) in [5.41, 5.74) is 1.87. The van der Waals surface area contributed by atoms with Crippen molar-refractivity contribution in [2.24, 2.45) is 5.41 Å². The molecule has 0 amide bonds. The van der Waals surface area contributed by atoms with Crippen molar-refractivity contribution in [2.75, 3.05) is 33.3 Å². The average molecular weight is 355 g/mol. The van der Waals surface area contributed by atoms with Crippen LogP contribution in [0.2, 0.25) is 0 Å². The summed E-state index contributed by atoms with van der Waals surface area (Å²) in [5, 5.41) is 3.49. The Hall–Kier alpha value is -0.970. The highest BCUT2D eigenvalue weighted by Crippen LogP contribution is 2.39. The molecule has 2 aliphatic heterocycles. The summed E-state index contributed by atoms with van der Waals surface area (Å²) in [5.74, 6) is 1.68. The molecular weight excluding hydrogens is 324 g/mol. The van der Waals surface area contributed by atoms with Crippen LogP contribution in [0.4, 0.5) is 0 Å². The van der Waals surface area contributed by atoms with Crippen molar-refractivity contribution in [1.29, 1.82) is 0 Å². The third kappa shape index (κ3) is 4.56. The zero-order valence-electron chi connectivity index (χ0n) is 15.1. The van der Waals surface area contributed by atoms with Gasteiger partial charge in [0.15, 0.2) is 11.5 Å². The van der Waals surface area contributed by atoms with Gasteiger partial charge in [-0.15, -0.1) is 12.4 Å². The second kappa shape index (κ2) is 8.41. The lowest BCUT2D eigenvalue weighted by molar-refractivity contribution is 0.193. The van der Waals surface area contributed by atoms with Gasteiger partial charge in [-0.05, 0) is 75.9 Å². The Morgan fingerprint density at radius 1 is 1.17 bits per heavy atom. The third-order valence-corrected chi connectivity index (χ3v) is 5.18. The van der Waals surface area contributed by atoms with Crippen LogP contribution >= 0.6 is 12.4 Å². The quantitative estimate of drug-likeness (QED) is 0.877. The van der Waals surface area contributed by atoms with Gasteiger partial charge in [-0.25, -0.2) is 0 Å². The second-order valence-electron chi connectivity index (χ2n) is 7.36. The molecule has 0 unspecified atom stereocenters. The molecule has 3 rings (SSSR count). The number of hydrogen-bond donors (Lipinski definition) is 1. The van der Waals surface area contributed by atoms with Gasteiger partial charge in [0.25, 0.3) is 0 Å². The molecule has 1 aromatic rings. The molecule has 1 N–H and O–H groups in total. The maximum Gasteiger partial charge on any atom is 0.161 e. The first kappa shape index (κ1) is 19.4. The predicted octanol–water partition coefficient (Wildman–Crippen LogP) is 3.48. The lowest BCUT2D eigenvalue weighted by Crippen LogP contribution is -2.38. The van der Waals surface area contributed by atoms with Crippen LogP contribution < -0.4 is 14.8 Å². The van der Waals surface area contributed by atoms with E-state index in [4.69, 9.17) is 9.47 Å². The van der Waals surface area contributed by atoms with Gasteiger partial charge in [0.2, 0.25) is 0 Å². The predicted molar refractivity (Wildman–Crippen MR) is 100 cm³/mol. The topological polar surface area (TPSA) is 33.7 Å². The highest BCUT2D eigenvalue weighted by molar-refractivity contribution is 5.85.